The van der Waals surface area contributed by atoms with Crippen LogP contribution >= 0.6 is 0 Å². The van der Waals surface area contributed by atoms with E-state index >= 15 is 0 Å². The number of ketones is 1. The fourth-order valence-corrected chi connectivity index (χ4v) is 2.78. The number of nitrogens with zero attached hydrogens (tertiary/aromatic N) is 1. The molecule has 1 N–H and O–H groups in total. The van der Waals surface area contributed by atoms with Crippen LogP contribution in [0.15, 0.2) is 47.5 Å². The molecular formula is C21H21F3N2O3. The number of hydrogen-bond donors (Lipinski definition) is 1. The molecule has 1 aliphatic carbocycles. The van der Waals surface area contributed by atoms with Gasteiger partial charge < -0.3 is 4.74 Å². The van der Waals surface area contributed by atoms with Gasteiger partial charge in [0.15, 0.2) is 11.6 Å². The van der Waals surface area contributed by atoms with Gasteiger partial charge in [-0.05, 0) is 49.9 Å². The van der Waals surface area contributed by atoms with Gasteiger partial charge in [0.2, 0.25) is 0 Å². The first-order valence-corrected chi connectivity index (χ1v) is 9.11. The molecule has 2 aromatic carbocycles. The molecule has 2 aromatic rings. The molecule has 1 saturated carbocycles. The Kier molecular flexibility index (Phi) is 6.22. The average Bonchev–Trinajstić information content (AvgIpc) is 3.51. The van der Waals surface area contributed by atoms with Crippen LogP contribution in [0.5, 0.6) is 5.75 Å². The predicted octanol–water partition coefficient (Wildman–Crippen LogP) is 4.93. The van der Waals surface area contributed by atoms with Crippen molar-refractivity contribution in [1.29, 1.82) is 0 Å². The van der Waals surface area contributed by atoms with Gasteiger partial charge in [-0.25, -0.2) is 10.5 Å². The van der Waals surface area contributed by atoms with E-state index in [0.717, 1.165) is 25.8 Å². The number of halogens is 3. The Morgan fingerprint density at radius 3 is 2.34 bits per heavy atom. The van der Waals surface area contributed by atoms with Crippen LogP contribution < -0.4 is 10.2 Å². The minimum Gasteiger partial charge on any atom is -0.497 e. The molecule has 3 rings (SSSR count). The van der Waals surface area contributed by atoms with Gasteiger partial charge in [-0.15, -0.1) is 0 Å². The summed E-state index contributed by atoms with van der Waals surface area (Å²) < 4.78 is 46.6. The third kappa shape index (κ3) is 5.35. The van der Waals surface area contributed by atoms with Gasteiger partial charge >= 0.3 is 6.18 Å². The maximum Gasteiger partial charge on any atom is 0.417 e. The summed E-state index contributed by atoms with van der Waals surface area (Å²) in [5.74, 6) is 0.196. The lowest BCUT2D eigenvalue weighted by molar-refractivity contribution is -0.138. The van der Waals surface area contributed by atoms with Crippen LogP contribution in [0.1, 0.15) is 41.3 Å². The highest BCUT2D eigenvalue weighted by Crippen LogP contribution is 2.36. The number of carbonyl (C=O) groups excluding carboxylic acids is 1. The lowest BCUT2D eigenvalue weighted by atomic mass is 9.97. The Balaban J connectivity index is 2.05. The van der Waals surface area contributed by atoms with Gasteiger partial charge in [0.25, 0.3) is 0 Å². The Labute approximate surface area is 166 Å². The van der Waals surface area contributed by atoms with E-state index in [-0.39, 0.29) is 11.4 Å². The number of ether oxygens (including phenoxy) is 1. The number of carbonyl (C=O) groups is 1. The molecule has 0 aliphatic heterocycles. The van der Waals surface area contributed by atoms with Crippen LogP contribution in [0.3, 0.4) is 0 Å². The summed E-state index contributed by atoms with van der Waals surface area (Å²) in [5.41, 5.74) is 1.27. The van der Waals surface area contributed by atoms with E-state index in [1.807, 2.05) is 0 Å². The maximum absolute atomic E-state index is 13.8. The standard InChI is InChI=1S/C21H21F3N2O3/c1-13(27)17-4-3-5-18(19(17)21(22,23)24)20(26-29-12-14-6-7-14)25-15-8-10-16(28-2)11-9-15/h3-5,8-11,14H,6-7,12H2,1-2H3,(H,25,26). The third-order valence-electron chi connectivity index (χ3n) is 4.48. The Hall–Kier alpha value is -2.87. The molecule has 1 aliphatic rings. The summed E-state index contributed by atoms with van der Waals surface area (Å²) in [6.07, 6.45) is -2.68. The summed E-state index contributed by atoms with van der Waals surface area (Å²) in [7, 11) is 1.51. The smallest absolute Gasteiger partial charge is 0.417 e. The summed E-state index contributed by atoms with van der Waals surface area (Å²) >= 11 is 0. The molecule has 29 heavy (non-hydrogen) atoms. The van der Waals surface area contributed by atoms with Crippen LogP contribution in [0.25, 0.3) is 0 Å². The lowest BCUT2D eigenvalue weighted by Gasteiger charge is -2.18. The quantitative estimate of drug-likeness (QED) is 0.307. The van der Waals surface area contributed by atoms with Crippen LogP contribution in [-0.2, 0) is 11.0 Å². The Bertz CT molecular complexity index is 904. The monoisotopic (exact) mass is 406 g/mol. The highest BCUT2D eigenvalue weighted by molar-refractivity contribution is 6.05. The zero-order chi connectivity index (χ0) is 21.0. The molecular weight excluding hydrogens is 385 g/mol. The number of rotatable bonds is 7. The van der Waals surface area contributed by atoms with Gasteiger partial charge in [-0.3, -0.25) is 9.63 Å². The highest BCUT2D eigenvalue weighted by Gasteiger charge is 2.38. The minimum absolute atomic E-state index is 0.119. The molecule has 8 heteroatoms. The van der Waals surface area contributed by atoms with E-state index in [1.54, 1.807) is 24.3 Å². The molecule has 0 saturated heterocycles. The van der Waals surface area contributed by atoms with Crippen molar-refractivity contribution >= 4 is 17.3 Å². The summed E-state index contributed by atoms with van der Waals surface area (Å²) in [6, 6.07) is 10.4. The van der Waals surface area contributed by atoms with E-state index in [2.05, 4.69) is 10.5 Å². The number of nitrogens with one attached hydrogen (secondary N) is 1. The molecule has 0 bridgehead atoms. The molecule has 0 spiro atoms. The Morgan fingerprint density at radius 2 is 1.79 bits per heavy atom. The predicted molar refractivity (Wildman–Crippen MR) is 102 cm³/mol. The molecule has 1 fully saturated rings. The van der Waals surface area contributed by atoms with Crippen molar-refractivity contribution in [2.75, 3.05) is 13.7 Å². The van der Waals surface area contributed by atoms with Crippen LogP contribution in [0.4, 0.5) is 18.9 Å². The molecule has 0 unspecified atom stereocenters. The van der Waals surface area contributed by atoms with E-state index in [9.17, 15) is 18.0 Å². The van der Waals surface area contributed by atoms with E-state index in [0.29, 0.717) is 24.0 Å². The number of amidine groups is 1. The molecule has 154 valence electrons. The molecule has 0 amide bonds. The zero-order valence-corrected chi connectivity index (χ0v) is 16.0. The minimum atomic E-state index is -4.74. The fraction of sp³-hybridized carbons (Fsp3) is 0.333. The lowest BCUT2D eigenvalue weighted by Crippen LogP contribution is -2.29. The topological polar surface area (TPSA) is 59.9 Å². The number of hydroxylamine groups is 1. The van der Waals surface area contributed by atoms with Crippen molar-refractivity contribution in [1.82, 2.24) is 5.48 Å². The average molecular weight is 406 g/mol. The SMILES string of the molecule is COc1ccc(N=C(NOCC2CC2)c2cccc(C(C)=O)c2C(F)(F)F)cc1. The van der Waals surface area contributed by atoms with Crippen molar-refractivity contribution in [3.63, 3.8) is 0 Å². The maximum atomic E-state index is 13.8. The van der Waals surface area contributed by atoms with Crippen molar-refractivity contribution in [3.05, 3.63) is 59.2 Å². The van der Waals surface area contributed by atoms with Gasteiger partial charge in [0.05, 0.1) is 25.0 Å². The summed E-state index contributed by atoms with van der Waals surface area (Å²) in [6.45, 7) is 1.47. The molecule has 0 atom stereocenters. The number of aliphatic imine (C=N–C) groups is 1. The fourth-order valence-electron chi connectivity index (χ4n) is 2.78. The summed E-state index contributed by atoms with van der Waals surface area (Å²) in [4.78, 5) is 21.5. The summed E-state index contributed by atoms with van der Waals surface area (Å²) in [5, 5.41) is 0. The number of alkyl halides is 3. The normalized spacial score (nSPS) is 14.6. The van der Waals surface area contributed by atoms with E-state index < -0.39 is 23.1 Å². The number of benzene rings is 2. The van der Waals surface area contributed by atoms with Gasteiger partial charge in [0, 0.05) is 11.1 Å². The zero-order valence-electron chi connectivity index (χ0n) is 16.0. The van der Waals surface area contributed by atoms with Crippen molar-refractivity contribution in [2.45, 2.75) is 25.9 Å². The van der Waals surface area contributed by atoms with Gasteiger partial charge in [-0.2, -0.15) is 13.2 Å². The second-order valence-electron chi connectivity index (χ2n) is 6.80. The molecule has 5 nitrogen and oxygen atoms in total. The van der Waals surface area contributed by atoms with E-state index in [4.69, 9.17) is 9.57 Å². The number of Topliss-reactive ketones (excluding diaryl/α,β-unsaturated/α-hetero) is 1. The van der Waals surface area contributed by atoms with Crippen molar-refractivity contribution in [3.8, 4) is 5.75 Å². The van der Waals surface area contributed by atoms with Gasteiger partial charge in [0.1, 0.15) is 5.75 Å². The second-order valence-corrected chi connectivity index (χ2v) is 6.80. The molecule has 0 radical (unpaired) electrons. The van der Waals surface area contributed by atoms with Crippen molar-refractivity contribution in [2.24, 2.45) is 10.9 Å². The number of hydrogen-bond acceptors (Lipinski definition) is 4. The highest BCUT2D eigenvalue weighted by atomic mass is 19.4. The van der Waals surface area contributed by atoms with Crippen LogP contribution in [0.2, 0.25) is 0 Å². The number of methoxy groups -OCH3 is 1. The molecule has 0 heterocycles. The van der Waals surface area contributed by atoms with Crippen molar-refractivity contribution < 1.29 is 27.5 Å². The van der Waals surface area contributed by atoms with E-state index in [1.165, 1.54) is 19.2 Å². The molecule has 0 aromatic heterocycles. The first-order chi connectivity index (χ1) is 13.8. The largest absolute Gasteiger partial charge is 0.497 e. The van der Waals surface area contributed by atoms with Gasteiger partial charge in [-0.1, -0.05) is 18.2 Å². The first kappa shape index (κ1) is 20.9. The Morgan fingerprint density at radius 1 is 1.14 bits per heavy atom. The second kappa shape index (κ2) is 8.65. The van der Waals surface area contributed by atoms with Crippen LogP contribution in [0, 0.1) is 5.92 Å². The van der Waals surface area contributed by atoms with Crippen LogP contribution in [-0.4, -0.2) is 25.3 Å². The third-order valence-corrected chi connectivity index (χ3v) is 4.48. The first-order valence-electron chi connectivity index (χ1n) is 9.11.